The highest BCUT2D eigenvalue weighted by molar-refractivity contribution is 4.86. The maximum atomic E-state index is 9.99. The summed E-state index contributed by atoms with van der Waals surface area (Å²) >= 11 is 0. The van der Waals surface area contributed by atoms with Crippen LogP contribution in [0.2, 0.25) is 0 Å². The summed E-state index contributed by atoms with van der Waals surface area (Å²) in [5.41, 5.74) is 0. The zero-order valence-corrected chi connectivity index (χ0v) is 3.16. The molecule has 0 aromatic carbocycles. The van der Waals surface area contributed by atoms with E-state index in [4.69, 9.17) is 0 Å². The Morgan fingerprint density at radius 2 is 1.67 bits per heavy atom. The van der Waals surface area contributed by atoms with Gasteiger partial charge in [0.05, 0.1) is 0 Å². The number of hydrogen-bond acceptors (Lipinski definition) is 0. The van der Waals surface area contributed by atoms with Crippen molar-refractivity contribution < 1.29 is 5.21 Å². The monoisotopic (exact) mass is 82.0 g/mol. The van der Waals surface area contributed by atoms with Gasteiger partial charge < -0.3 is 0 Å². The van der Waals surface area contributed by atoms with E-state index in [-0.39, 0.29) is 0 Å². The Kier molecular flexibility index (Phi) is 0.572. The van der Waals surface area contributed by atoms with Crippen molar-refractivity contribution in [3.05, 3.63) is 24.5 Å². The second-order valence-corrected chi connectivity index (χ2v) is 1.04. The molecule has 0 bridgehead atoms. The van der Waals surface area contributed by atoms with E-state index in [2.05, 4.69) is 0 Å². The molecule has 0 saturated heterocycles. The lowest BCUT2D eigenvalue weighted by atomic mass is 10.7. The molecular weight excluding hydrogens is 78.0 g/mol. The van der Waals surface area contributed by atoms with Crippen LogP contribution in [0.3, 0.4) is 0 Å². The zero-order chi connectivity index (χ0) is 4.41. The Hall–Kier alpha value is -0.920. The van der Waals surface area contributed by atoms with Crippen molar-refractivity contribution in [3.8, 4) is 0 Å². The first-order valence-electron chi connectivity index (χ1n) is 1.70. The van der Waals surface area contributed by atoms with Crippen LogP contribution in [-0.2, 0) is 5.21 Å². The Morgan fingerprint density at radius 1 is 1.17 bits per heavy atom. The van der Waals surface area contributed by atoms with Gasteiger partial charge in [0.25, 0.3) is 0 Å². The summed E-state index contributed by atoms with van der Waals surface area (Å²) in [4.78, 5) is 0. The number of hydrogen-bond donors (Lipinski definition) is 0. The predicted octanol–water partition coefficient (Wildman–Crippen LogP) is 0.682. The smallest absolute Gasteiger partial charge is 0.0483 e. The largest absolute Gasteiger partial charge is 0.167 e. The molecule has 0 N–H and O–H groups in total. The molecule has 0 unspecified atom stereocenters. The number of aromatic nitrogens is 1. The predicted molar refractivity (Wildman–Crippen MR) is 20.5 cm³/mol. The van der Waals surface area contributed by atoms with Crippen molar-refractivity contribution in [1.29, 1.82) is 0 Å². The van der Waals surface area contributed by atoms with Gasteiger partial charge in [-0.1, -0.05) is 0 Å². The van der Waals surface area contributed by atoms with Gasteiger partial charge in [0, 0.05) is 12.4 Å². The van der Waals surface area contributed by atoms with Crippen LogP contribution in [0.25, 0.3) is 0 Å². The molecule has 6 heavy (non-hydrogen) atoms. The lowest BCUT2D eigenvalue weighted by molar-refractivity contribution is 0.0917. The molecule has 2 heteroatoms. The Balaban J connectivity index is 3.05. The second kappa shape index (κ2) is 1.05. The van der Waals surface area contributed by atoms with Gasteiger partial charge in [0.1, 0.15) is 0 Å². The molecule has 0 atom stereocenters. The van der Waals surface area contributed by atoms with Gasteiger partial charge in [-0.3, -0.25) is 0 Å². The Bertz CT molecular complexity index is 111. The summed E-state index contributed by atoms with van der Waals surface area (Å²) in [7, 11) is 0. The third kappa shape index (κ3) is 0.360. The van der Waals surface area contributed by atoms with Crippen LogP contribution >= 0.6 is 0 Å². The van der Waals surface area contributed by atoms with Crippen molar-refractivity contribution in [1.82, 2.24) is 4.73 Å². The topological polar surface area (TPSA) is 24.8 Å². The van der Waals surface area contributed by atoms with Crippen LogP contribution in [0.5, 0.6) is 0 Å². The SMILES string of the molecule is [O]n1cccc1. The molecule has 0 fully saturated rings. The van der Waals surface area contributed by atoms with Gasteiger partial charge in [0.2, 0.25) is 0 Å². The molecule has 0 aliphatic rings. The van der Waals surface area contributed by atoms with Crippen molar-refractivity contribution in [2.75, 3.05) is 0 Å². The van der Waals surface area contributed by atoms with E-state index in [1.807, 2.05) is 0 Å². The summed E-state index contributed by atoms with van der Waals surface area (Å²) in [6.07, 6.45) is 2.89. The second-order valence-electron chi connectivity index (χ2n) is 1.04. The van der Waals surface area contributed by atoms with Crippen LogP contribution in [0.15, 0.2) is 24.5 Å². The highest BCUT2D eigenvalue weighted by atomic mass is 16.5. The normalized spacial score (nSPS) is 8.67. The molecule has 0 aliphatic carbocycles. The molecule has 0 saturated carbocycles. The van der Waals surface area contributed by atoms with Crippen molar-refractivity contribution in [2.45, 2.75) is 0 Å². The van der Waals surface area contributed by atoms with Crippen LogP contribution in [-0.4, -0.2) is 4.73 Å². The Morgan fingerprint density at radius 3 is 1.83 bits per heavy atom. The quantitative estimate of drug-likeness (QED) is 0.439. The molecule has 0 spiro atoms. The molecule has 1 aromatic rings. The van der Waals surface area contributed by atoms with E-state index in [0.717, 1.165) is 4.73 Å². The first-order chi connectivity index (χ1) is 2.89. The van der Waals surface area contributed by atoms with Crippen LogP contribution in [0.1, 0.15) is 0 Å². The molecule has 0 amide bonds. The van der Waals surface area contributed by atoms with Crippen LogP contribution in [0, 0.1) is 0 Å². The number of rotatable bonds is 0. The highest BCUT2D eigenvalue weighted by Crippen LogP contribution is 1.80. The maximum absolute atomic E-state index is 9.99. The molecule has 2 nitrogen and oxygen atoms in total. The van der Waals surface area contributed by atoms with E-state index < -0.39 is 0 Å². The Labute approximate surface area is 35.6 Å². The summed E-state index contributed by atoms with van der Waals surface area (Å²) in [5, 5.41) is 9.99. The highest BCUT2D eigenvalue weighted by Gasteiger charge is 1.73. The van der Waals surface area contributed by atoms with Gasteiger partial charge in [-0.25, -0.2) is 0 Å². The van der Waals surface area contributed by atoms with E-state index in [0.29, 0.717) is 0 Å². The fourth-order valence-corrected chi connectivity index (χ4v) is 0.319. The average molecular weight is 82.1 g/mol. The van der Waals surface area contributed by atoms with Gasteiger partial charge >= 0.3 is 0 Å². The minimum Gasteiger partial charge on any atom is -0.167 e. The molecular formula is C4H4NO. The summed E-state index contributed by atoms with van der Waals surface area (Å²) < 4.78 is 0.750. The van der Waals surface area contributed by atoms with E-state index in [1.54, 1.807) is 12.1 Å². The summed E-state index contributed by atoms with van der Waals surface area (Å²) in [5.74, 6) is 0. The van der Waals surface area contributed by atoms with Crippen molar-refractivity contribution >= 4 is 0 Å². The number of nitrogens with zero attached hydrogens (tertiary/aromatic N) is 1. The average Bonchev–Trinajstić information content (AvgIpc) is 1.86. The zero-order valence-electron chi connectivity index (χ0n) is 3.16. The molecule has 1 rings (SSSR count). The lowest BCUT2D eigenvalue weighted by Crippen LogP contribution is -1.74. The summed E-state index contributed by atoms with van der Waals surface area (Å²) in [6, 6.07) is 3.38. The van der Waals surface area contributed by atoms with Gasteiger partial charge in [-0.05, 0) is 12.1 Å². The van der Waals surface area contributed by atoms with E-state index >= 15 is 0 Å². The molecule has 1 radical (unpaired) electrons. The first kappa shape index (κ1) is 3.28. The van der Waals surface area contributed by atoms with E-state index in [1.165, 1.54) is 12.4 Å². The standard InChI is InChI=1S/C4H4NO/c6-5-3-1-2-4-5/h1-4H. The fourth-order valence-electron chi connectivity index (χ4n) is 0.319. The van der Waals surface area contributed by atoms with Gasteiger partial charge in [-0.2, -0.15) is 5.21 Å². The minimum absolute atomic E-state index is 0.750. The molecule has 0 aliphatic heterocycles. The van der Waals surface area contributed by atoms with E-state index in [9.17, 15) is 5.21 Å². The first-order valence-corrected chi connectivity index (χ1v) is 1.70. The van der Waals surface area contributed by atoms with Gasteiger partial charge in [-0.15, -0.1) is 4.73 Å². The third-order valence-corrected chi connectivity index (χ3v) is 0.577. The van der Waals surface area contributed by atoms with Gasteiger partial charge in [0.15, 0.2) is 0 Å². The van der Waals surface area contributed by atoms with Crippen molar-refractivity contribution in [2.24, 2.45) is 0 Å². The fraction of sp³-hybridized carbons (Fsp3) is 0. The molecule has 1 aromatic heterocycles. The molecule has 31 valence electrons. The van der Waals surface area contributed by atoms with Crippen LogP contribution in [0.4, 0.5) is 0 Å². The molecule has 1 heterocycles. The maximum Gasteiger partial charge on any atom is 0.0483 e. The minimum atomic E-state index is 0.750. The lowest BCUT2D eigenvalue weighted by Gasteiger charge is -1.70. The third-order valence-electron chi connectivity index (χ3n) is 0.577. The van der Waals surface area contributed by atoms with Crippen LogP contribution < -0.4 is 0 Å². The summed E-state index contributed by atoms with van der Waals surface area (Å²) in [6.45, 7) is 0. The van der Waals surface area contributed by atoms with Crippen molar-refractivity contribution in [3.63, 3.8) is 0 Å².